The Morgan fingerprint density at radius 1 is 0.771 bits per heavy atom. The standard InChI is InChI=1S/C31H29ClN2O/c32-30-15-13-27(14-16-30)26-9-11-28(12-10-26)31(35)33-19-17-23-5-7-24(8-6-23)21-34-20-18-25-3-1-2-4-29(25)22-34/h1-16H,17-22H2,(H,33,35). The van der Waals surface area contributed by atoms with Gasteiger partial charge in [-0.3, -0.25) is 9.69 Å². The highest BCUT2D eigenvalue weighted by Gasteiger charge is 2.15. The van der Waals surface area contributed by atoms with E-state index >= 15 is 0 Å². The van der Waals surface area contributed by atoms with Gasteiger partial charge < -0.3 is 5.32 Å². The van der Waals surface area contributed by atoms with Crippen molar-refractivity contribution >= 4 is 17.5 Å². The van der Waals surface area contributed by atoms with Crippen molar-refractivity contribution in [3.63, 3.8) is 0 Å². The third-order valence-electron chi connectivity index (χ3n) is 6.66. The summed E-state index contributed by atoms with van der Waals surface area (Å²) in [5.41, 5.74) is 8.31. The van der Waals surface area contributed by atoms with Crippen molar-refractivity contribution < 1.29 is 4.79 Å². The Balaban J connectivity index is 1.09. The average Bonchev–Trinajstić information content (AvgIpc) is 2.90. The van der Waals surface area contributed by atoms with Crippen LogP contribution in [0.15, 0.2) is 97.1 Å². The number of carbonyl (C=O) groups is 1. The van der Waals surface area contributed by atoms with Crippen molar-refractivity contribution in [3.05, 3.63) is 130 Å². The molecule has 4 aromatic rings. The zero-order valence-corrected chi connectivity index (χ0v) is 20.5. The zero-order chi connectivity index (χ0) is 24.0. The van der Waals surface area contributed by atoms with E-state index in [1.54, 1.807) is 0 Å². The van der Waals surface area contributed by atoms with Gasteiger partial charge in [0.1, 0.15) is 0 Å². The van der Waals surface area contributed by atoms with E-state index < -0.39 is 0 Å². The Morgan fingerprint density at radius 2 is 1.40 bits per heavy atom. The molecule has 0 bridgehead atoms. The SMILES string of the molecule is O=C(NCCc1ccc(CN2CCc3ccccc3C2)cc1)c1ccc(-c2ccc(Cl)cc2)cc1. The number of nitrogens with zero attached hydrogens (tertiary/aromatic N) is 1. The average molecular weight is 481 g/mol. The Hall–Kier alpha value is -3.40. The molecule has 4 aromatic carbocycles. The van der Waals surface area contributed by atoms with Crippen molar-refractivity contribution in [2.24, 2.45) is 0 Å². The van der Waals surface area contributed by atoms with Gasteiger partial charge in [0.2, 0.25) is 0 Å². The van der Waals surface area contributed by atoms with E-state index in [1.807, 2.05) is 48.5 Å². The van der Waals surface area contributed by atoms with Crippen LogP contribution in [0.5, 0.6) is 0 Å². The third-order valence-corrected chi connectivity index (χ3v) is 6.91. The number of amides is 1. The molecular formula is C31H29ClN2O. The molecular weight excluding hydrogens is 452 g/mol. The van der Waals surface area contributed by atoms with Gasteiger partial charge in [-0.05, 0) is 70.5 Å². The van der Waals surface area contributed by atoms with Crippen LogP contribution in [0, 0.1) is 0 Å². The second kappa shape index (κ2) is 10.9. The molecule has 0 aromatic heterocycles. The van der Waals surface area contributed by atoms with Crippen molar-refractivity contribution in [2.45, 2.75) is 25.9 Å². The molecule has 0 saturated carbocycles. The van der Waals surface area contributed by atoms with Crippen molar-refractivity contribution in [1.82, 2.24) is 10.2 Å². The molecule has 0 saturated heterocycles. The van der Waals surface area contributed by atoms with E-state index in [2.05, 4.69) is 58.7 Å². The van der Waals surface area contributed by atoms with Gasteiger partial charge in [0.15, 0.2) is 0 Å². The van der Waals surface area contributed by atoms with Crippen LogP contribution < -0.4 is 5.32 Å². The molecule has 0 atom stereocenters. The van der Waals surface area contributed by atoms with Crippen LogP contribution >= 0.6 is 11.6 Å². The van der Waals surface area contributed by atoms with Gasteiger partial charge in [-0.15, -0.1) is 0 Å². The summed E-state index contributed by atoms with van der Waals surface area (Å²) >= 11 is 5.97. The largest absolute Gasteiger partial charge is 0.352 e. The van der Waals surface area contributed by atoms with Gasteiger partial charge in [0.05, 0.1) is 0 Å². The monoisotopic (exact) mass is 480 g/mol. The predicted molar refractivity (Wildman–Crippen MR) is 144 cm³/mol. The molecule has 4 heteroatoms. The second-order valence-corrected chi connectivity index (χ2v) is 9.57. The summed E-state index contributed by atoms with van der Waals surface area (Å²) in [7, 11) is 0. The number of hydrogen-bond donors (Lipinski definition) is 1. The van der Waals surface area contributed by atoms with E-state index in [0.717, 1.165) is 43.6 Å². The summed E-state index contributed by atoms with van der Waals surface area (Å²) in [6, 6.07) is 32.9. The van der Waals surface area contributed by atoms with Crippen LogP contribution in [-0.2, 0) is 25.9 Å². The van der Waals surface area contributed by atoms with E-state index in [-0.39, 0.29) is 5.91 Å². The first-order chi connectivity index (χ1) is 17.1. The fraction of sp³-hybridized carbons (Fsp3) is 0.194. The molecule has 5 rings (SSSR count). The number of carbonyl (C=O) groups excluding carboxylic acids is 1. The molecule has 35 heavy (non-hydrogen) atoms. The van der Waals surface area contributed by atoms with Crippen molar-refractivity contribution in [2.75, 3.05) is 13.1 Å². The number of rotatable bonds is 7. The van der Waals surface area contributed by atoms with Gasteiger partial charge in [-0.25, -0.2) is 0 Å². The number of fused-ring (bicyclic) bond motifs is 1. The van der Waals surface area contributed by atoms with E-state index in [0.29, 0.717) is 17.1 Å². The smallest absolute Gasteiger partial charge is 0.251 e. The molecule has 1 N–H and O–H groups in total. The van der Waals surface area contributed by atoms with E-state index in [4.69, 9.17) is 11.6 Å². The minimum Gasteiger partial charge on any atom is -0.352 e. The first-order valence-corrected chi connectivity index (χ1v) is 12.5. The lowest BCUT2D eigenvalue weighted by molar-refractivity contribution is 0.0954. The van der Waals surface area contributed by atoms with Crippen LogP contribution in [0.3, 0.4) is 0 Å². The molecule has 0 unspecified atom stereocenters. The normalized spacial score (nSPS) is 13.3. The molecule has 1 heterocycles. The Morgan fingerprint density at radius 3 is 2.11 bits per heavy atom. The first-order valence-electron chi connectivity index (χ1n) is 12.2. The minimum atomic E-state index is -0.0466. The fourth-order valence-electron chi connectivity index (χ4n) is 4.64. The van der Waals surface area contributed by atoms with Crippen molar-refractivity contribution in [1.29, 1.82) is 0 Å². The molecule has 0 aliphatic carbocycles. The van der Waals surface area contributed by atoms with Crippen LogP contribution in [0.2, 0.25) is 5.02 Å². The molecule has 1 amide bonds. The summed E-state index contributed by atoms with van der Waals surface area (Å²) in [6.07, 6.45) is 1.93. The van der Waals surface area contributed by atoms with Crippen LogP contribution in [0.4, 0.5) is 0 Å². The molecule has 0 spiro atoms. The van der Waals surface area contributed by atoms with Gasteiger partial charge in [0, 0.05) is 36.8 Å². The zero-order valence-electron chi connectivity index (χ0n) is 19.7. The number of benzene rings is 4. The first kappa shape index (κ1) is 23.3. The summed E-state index contributed by atoms with van der Waals surface area (Å²) in [4.78, 5) is 15.1. The maximum atomic E-state index is 12.6. The lowest BCUT2D eigenvalue weighted by atomic mass is 9.99. The summed E-state index contributed by atoms with van der Waals surface area (Å²) in [5, 5.41) is 3.75. The lowest BCUT2D eigenvalue weighted by Crippen LogP contribution is -2.29. The summed E-state index contributed by atoms with van der Waals surface area (Å²) in [6.45, 7) is 3.70. The van der Waals surface area contributed by atoms with Gasteiger partial charge in [0.25, 0.3) is 5.91 Å². The molecule has 0 radical (unpaired) electrons. The molecule has 3 nitrogen and oxygen atoms in total. The highest BCUT2D eigenvalue weighted by atomic mass is 35.5. The third kappa shape index (κ3) is 6.00. The minimum absolute atomic E-state index is 0.0466. The predicted octanol–water partition coefficient (Wildman–Crippen LogP) is 6.54. The lowest BCUT2D eigenvalue weighted by Gasteiger charge is -2.28. The van der Waals surface area contributed by atoms with E-state index in [1.165, 1.54) is 22.3 Å². The van der Waals surface area contributed by atoms with Gasteiger partial charge >= 0.3 is 0 Å². The molecule has 1 aliphatic heterocycles. The summed E-state index contributed by atoms with van der Waals surface area (Å²) in [5.74, 6) is -0.0466. The Labute approximate surface area is 212 Å². The highest BCUT2D eigenvalue weighted by molar-refractivity contribution is 6.30. The van der Waals surface area contributed by atoms with Crippen LogP contribution in [-0.4, -0.2) is 23.9 Å². The van der Waals surface area contributed by atoms with Crippen molar-refractivity contribution in [3.8, 4) is 11.1 Å². The van der Waals surface area contributed by atoms with E-state index in [9.17, 15) is 4.79 Å². The maximum Gasteiger partial charge on any atom is 0.251 e. The number of halogens is 1. The quantitative estimate of drug-likeness (QED) is 0.326. The fourth-order valence-corrected chi connectivity index (χ4v) is 4.76. The van der Waals surface area contributed by atoms with Gasteiger partial charge in [-0.1, -0.05) is 84.4 Å². The highest BCUT2D eigenvalue weighted by Crippen LogP contribution is 2.22. The second-order valence-electron chi connectivity index (χ2n) is 9.14. The molecule has 176 valence electrons. The molecule has 1 aliphatic rings. The molecule has 0 fully saturated rings. The number of hydrogen-bond acceptors (Lipinski definition) is 2. The van der Waals surface area contributed by atoms with Crippen LogP contribution in [0.25, 0.3) is 11.1 Å². The Kier molecular flexibility index (Phi) is 7.27. The summed E-state index contributed by atoms with van der Waals surface area (Å²) < 4.78 is 0. The maximum absolute atomic E-state index is 12.6. The van der Waals surface area contributed by atoms with Crippen LogP contribution in [0.1, 0.15) is 32.6 Å². The number of nitrogens with one attached hydrogen (secondary N) is 1. The topological polar surface area (TPSA) is 32.3 Å². The Bertz CT molecular complexity index is 1280. The van der Waals surface area contributed by atoms with Gasteiger partial charge in [-0.2, -0.15) is 0 Å².